The van der Waals surface area contributed by atoms with Crippen molar-refractivity contribution >= 4 is 28.7 Å². The van der Waals surface area contributed by atoms with Crippen molar-refractivity contribution in [1.29, 1.82) is 0 Å². The molecule has 0 heterocycles. The van der Waals surface area contributed by atoms with Crippen molar-refractivity contribution in [3.05, 3.63) is 47.5 Å². The number of non-ortho nitro benzene ring substituents is 1. The highest BCUT2D eigenvalue weighted by Gasteiger charge is 2.28. The van der Waals surface area contributed by atoms with Gasteiger partial charge < -0.3 is 5.11 Å². The number of aliphatic hydroxyl groups excluding tert-OH is 1. The van der Waals surface area contributed by atoms with Crippen LogP contribution in [-0.2, 0) is 0 Å². The maximum Gasteiger partial charge on any atom is 0.301 e. The van der Waals surface area contributed by atoms with E-state index >= 15 is 0 Å². The SMILES string of the molecule is CCO.O=[N+]([O-])c1cc([N+](=O)[O-])c(Cl)c([N+](=O)[O-])c1. The van der Waals surface area contributed by atoms with Crippen LogP contribution < -0.4 is 0 Å². The van der Waals surface area contributed by atoms with Crippen LogP contribution in [0.3, 0.4) is 0 Å². The van der Waals surface area contributed by atoms with Gasteiger partial charge in [-0.3, -0.25) is 30.3 Å². The van der Waals surface area contributed by atoms with Gasteiger partial charge in [-0.15, -0.1) is 0 Å². The summed E-state index contributed by atoms with van der Waals surface area (Å²) in [5.74, 6) is 0. The molecule has 0 amide bonds. The average Bonchev–Trinajstić information content (AvgIpc) is 2.29. The predicted octanol–water partition coefficient (Wildman–Crippen LogP) is 2.06. The lowest BCUT2D eigenvalue weighted by Gasteiger charge is -1.97. The quantitative estimate of drug-likeness (QED) is 0.661. The summed E-state index contributed by atoms with van der Waals surface area (Å²) in [6.45, 7) is 1.93. The number of benzene rings is 1. The van der Waals surface area contributed by atoms with Gasteiger partial charge in [-0.1, -0.05) is 11.6 Å². The molecule has 1 aromatic carbocycles. The van der Waals surface area contributed by atoms with Crippen LogP contribution in [0, 0.1) is 30.3 Å². The topological polar surface area (TPSA) is 150 Å². The van der Waals surface area contributed by atoms with Gasteiger partial charge in [0.25, 0.3) is 5.69 Å². The van der Waals surface area contributed by atoms with Gasteiger partial charge >= 0.3 is 11.4 Å². The first-order chi connectivity index (χ1) is 8.76. The Bertz CT molecular complexity index is 484. The fourth-order valence-electron chi connectivity index (χ4n) is 0.951. The first-order valence-corrected chi connectivity index (χ1v) is 5.01. The molecule has 0 spiro atoms. The number of hydrogen-bond donors (Lipinski definition) is 1. The Morgan fingerprint density at radius 2 is 1.37 bits per heavy atom. The molecule has 0 aromatic heterocycles. The molecule has 104 valence electrons. The number of aliphatic hydroxyl groups is 1. The van der Waals surface area contributed by atoms with Gasteiger partial charge in [0.15, 0.2) is 5.02 Å². The normalized spacial score (nSPS) is 9.21. The van der Waals surface area contributed by atoms with E-state index in [1.165, 1.54) is 0 Å². The van der Waals surface area contributed by atoms with E-state index in [0.717, 1.165) is 0 Å². The van der Waals surface area contributed by atoms with E-state index in [9.17, 15) is 30.3 Å². The van der Waals surface area contributed by atoms with Crippen molar-refractivity contribution < 1.29 is 19.9 Å². The van der Waals surface area contributed by atoms with Crippen LogP contribution in [-0.4, -0.2) is 26.5 Å². The van der Waals surface area contributed by atoms with Crippen LogP contribution in [0.2, 0.25) is 5.02 Å². The molecule has 0 saturated carbocycles. The van der Waals surface area contributed by atoms with E-state index in [1.54, 1.807) is 6.92 Å². The maximum absolute atomic E-state index is 10.4. The second kappa shape index (κ2) is 7.18. The third kappa shape index (κ3) is 4.44. The average molecular weight is 294 g/mol. The fraction of sp³-hybridized carbons (Fsp3) is 0.250. The van der Waals surface area contributed by atoms with Crippen molar-refractivity contribution in [1.82, 2.24) is 0 Å². The second-order valence-electron chi connectivity index (χ2n) is 2.89. The Morgan fingerprint density at radius 1 is 1.05 bits per heavy atom. The molecule has 11 heteroatoms. The van der Waals surface area contributed by atoms with Crippen molar-refractivity contribution in [2.75, 3.05) is 6.61 Å². The standard InChI is InChI=1S/C6H2ClN3O6.C2H6O/c7-6-4(9(13)14)1-3(8(11)12)2-5(6)10(15)16;1-2-3/h1-2H;3H,2H2,1H3. The number of nitrogens with zero attached hydrogens (tertiary/aromatic N) is 3. The number of nitro benzene ring substituents is 3. The van der Waals surface area contributed by atoms with Crippen LogP contribution in [0.25, 0.3) is 0 Å². The lowest BCUT2D eigenvalue weighted by atomic mass is 10.2. The molecular formula is C8H8ClN3O7. The van der Waals surface area contributed by atoms with Crippen LogP contribution >= 0.6 is 11.6 Å². The monoisotopic (exact) mass is 293 g/mol. The smallest absolute Gasteiger partial charge is 0.301 e. The Morgan fingerprint density at radius 3 is 1.58 bits per heavy atom. The predicted molar refractivity (Wildman–Crippen MR) is 64.2 cm³/mol. The largest absolute Gasteiger partial charge is 0.397 e. The lowest BCUT2D eigenvalue weighted by Crippen LogP contribution is -1.98. The molecule has 0 radical (unpaired) electrons. The summed E-state index contributed by atoms with van der Waals surface area (Å²) < 4.78 is 0. The van der Waals surface area contributed by atoms with Crippen LogP contribution in [0.5, 0.6) is 0 Å². The summed E-state index contributed by atoms with van der Waals surface area (Å²) in [6.07, 6.45) is 0. The third-order valence-corrected chi connectivity index (χ3v) is 2.01. The Balaban J connectivity index is 0.000000982. The van der Waals surface area contributed by atoms with Gasteiger partial charge in [0, 0.05) is 6.61 Å². The minimum atomic E-state index is -1.03. The Hall–Kier alpha value is -2.33. The molecule has 19 heavy (non-hydrogen) atoms. The van der Waals surface area contributed by atoms with Crippen LogP contribution in [0.4, 0.5) is 17.1 Å². The zero-order valence-corrected chi connectivity index (χ0v) is 10.2. The summed E-state index contributed by atoms with van der Waals surface area (Å²) in [4.78, 5) is 28.2. The van der Waals surface area contributed by atoms with Gasteiger partial charge in [0.1, 0.15) is 0 Å². The van der Waals surface area contributed by atoms with E-state index in [0.29, 0.717) is 12.1 Å². The van der Waals surface area contributed by atoms with E-state index in [4.69, 9.17) is 16.7 Å². The molecule has 0 saturated heterocycles. The summed E-state index contributed by atoms with van der Waals surface area (Å²) in [6, 6.07) is 1.13. The molecule has 0 aliphatic rings. The zero-order chi connectivity index (χ0) is 15.2. The van der Waals surface area contributed by atoms with E-state index in [-0.39, 0.29) is 6.61 Å². The van der Waals surface area contributed by atoms with Crippen molar-refractivity contribution in [2.45, 2.75) is 6.92 Å². The molecule has 0 atom stereocenters. The minimum Gasteiger partial charge on any atom is -0.397 e. The van der Waals surface area contributed by atoms with Crippen LogP contribution in [0.1, 0.15) is 6.92 Å². The van der Waals surface area contributed by atoms with Gasteiger partial charge in [0.2, 0.25) is 0 Å². The summed E-state index contributed by atoms with van der Waals surface area (Å²) in [5.41, 5.74) is -2.51. The molecule has 0 unspecified atom stereocenters. The molecule has 10 nitrogen and oxygen atoms in total. The summed E-state index contributed by atoms with van der Waals surface area (Å²) >= 11 is 5.37. The van der Waals surface area contributed by atoms with Gasteiger partial charge in [-0.05, 0) is 6.92 Å². The molecule has 1 N–H and O–H groups in total. The third-order valence-electron chi connectivity index (χ3n) is 1.62. The first kappa shape index (κ1) is 16.7. The molecule has 0 aliphatic carbocycles. The van der Waals surface area contributed by atoms with E-state index in [2.05, 4.69) is 0 Å². The van der Waals surface area contributed by atoms with Crippen molar-refractivity contribution in [3.63, 3.8) is 0 Å². The highest BCUT2D eigenvalue weighted by molar-refractivity contribution is 6.34. The molecule has 1 rings (SSSR count). The fourth-order valence-corrected chi connectivity index (χ4v) is 1.20. The van der Waals surface area contributed by atoms with E-state index in [1.807, 2.05) is 0 Å². The minimum absolute atomic E-state index is 0.250. The molecule has 0 aliphatic heterocycles. The highest BCUT2D eigenvalue weighted by Crippen LogP contribution is 2.37. The van der Waals surface area contributed by atoms with Gasteiger partial charge in [-0.2, -0.15) is 0 Å². The molecule has 0 fully saturated rings. The highest BCUT2D eigenvalue weighted by atomic mass is 35.5. The number of hydrogen-bond acceptors (Lipinski definition) is 7. The number of rotatable bonds is 3. The lowest BCUT2D eigenvalue weighted by molar-refractivity contribution is -0.403. The molecule has 1 aromatic rings. The van der Waals surface area contributed by atoms with Crippen molar-refractivity contribution in [2.24, 2.45) is 0 Å². The summed E-state index contributed by atoms with van der Waals surface area (Å²) in [5, 5.41) is 38.1. The van der Waals surface area contributed by atoms with Crippen LogP contribution in [0.15, 0.2) is 12.1 Å². The Kier molecular flexibility index (Phi) is 6.30. The van der Waals surface area contributed by atoms with Gasteiger partial charge in [0.05, 0.1) is 26.9 Å². The zero-order valence-electron chi connectivity index (χ0n) is 9.48. The second-order valence-corrected chi connectivity index (χ2v) is 3.26. The van der Waals surface area contributed by atoms with Crippen molar-refractivity contribution in [3.8, 4) is 0 Å². The summed E-state index contributed by atoms with van der Waals surface area (Å²) in [7, 11) is 0. The Labute approximate surface area is 110 Å². The van der Waals surface area contributed by atoms with E-state index < -0.39 is 36.9 Å². The maximum atomic E-state index is 10.4. The first-order valence-electron chi connectivity index (χ1n) is 4.63. The molecular weight excluding hydrogens is 286 g/mol. The van der Waals surface area contributed by atoms with Gasteiger partial charge in [-0.25, -0.2) is 0 Å². The number of nitro groups is 3. The molecule has 0 bridgehead atoms. The number of halogens is 1.